The minimum absolute atomic E-state index is 0.111. The van der Waals surface area contributed by atoms with Gasteiger partial charge in [-0.05, 0) is 49.2 Å². The highest BCUT2D eigenvalue weighted by molar-refractivity contribution is 6.34. The Balaban J connectivity index is 1.79. The predicted molar refractivity (Wildman–Crippen MR) is 104 cm³/mol. The Labute approximate surface area is 162 Å². The molecule has 7 heteroatoms. The zero-order valence-corrected chi connectivity index (χ0v) is 16.0. The van der Waals surface area contributed by atoms with E-state index in [4.69, 9.17) is 27.9 Å². The molecule has 0 saturated carbocycles. The Morgan fingerprint density at radius 2 is 1.69 bits per heavy atom. The van der Waals surface area contributed by atoms with Crippen molar-refractivity contribution < 1.29 is 14.3 Å². The molecule has 0 radical (unpaired) electrons. The normalized spacial score (nSPS) is 11.5. The number of carbonyl (C=O) groups excluding carboxylic acids is 2. The zero-order chi connectivity index (χ0) is 19.1. The van der Waals surface area contributed by atoms with Crippen molar-refractivity contribution in [3.8, 4) is 5.75 Å². The van der Waals surface area contributed by atoms with Crippen LogP contribution in [-0.2, 0) is 16.0 Å². The van der Waals surface area contributed by atoms with Crippen molar-refractivity contribution in [2.24, 2.45) is 0 Å². The summed E-state index contributed by atoms with van der Waals surface area (Å²) >= 11 is 11.8. The van der Waals surface area contributed by atoms with Crippen molar-refractivity contribution in [1.82, 2.24) is 5.32 Å². The predicted octanol–water partition coefficient (Wildman–Crippen LogP) is 4.08. The lowest BCUT2D eigenvalue weighted by Crippen LogP contribution is -2.37. The number of benzene rings is 2. The van der Waals surface area contributed by atoms with E-state index in [2.05, 4.69) is 10.6 Å². The first-order valence-electron chi connectivity index (χ1n) is 8.10. The van der Waals surface area contributed by atoms with E-state index >= 15 is 0 Å². The molecule has 1 atom stereocenters. The molecule has 0 heterocycles. The van der Waals surface area contributed by atoms with Gasteiger partial charge in [-0.1, -0.05) is 35.3 Å². The van der Waals surface area contributed by atoms with Gasteiger partial charge in [0.1, 0.15) is 5.75 Å². The molecule has 1 unspecified atom stereocenters. The third-order valence-corrected chi connectivity index (χ3v) is 3.94. The van der Waals surface area contributed by atoms with E-state index < -0.39 is 6.10 Å². The van der Waals surface area contributed by atoms with Gasteiger partial charge in [0.15, 0.2) is 6.10 Å². The molecule has 0 aliphatic heterocycles. The summed E-state index contributed by atoms with van der Waals surface area (Å²) in [5.41, 5.74) is 1.79. The molecule has 0 fully saturated rings. The molecule has 2 amide bonds. The molecule has 2 rings (SSSR count). The van der Waals surface area contributed by atoms with Crippen LogP contribution in [0, 0.1) is 0 Å². The third kappa shape index (κ3) is 6.58. The molecule has 138 valence electrons. The summed E-state index contributed by atoms with van der Waals surface area (Å²) in [6.45, 7) is 3.60. The maximum absolute atomic E-state index is 12.1. The van der Waals surface area contributed by atoms with E-state index in [0.717, 1.165) is 11.3 Å². The molecule has 26 heavy (non-hydrogen) atoms. The third-order valence-electron chi connectivity index (χ3n) is 3.51. The van der Waals surface area contributed by atoms with E-state index in [9.17, 15) is 9.59 Å². The second-order valence-corrected chi connectivity index (χ2v) is 6.66. The van der Waals surface area contributed by atoms with Crippen molar-refractivity contribution in [2.75, 3.05) is 11.9 Å². The smallest absolute Gasteiger partial charge is 0.260 e. The Morgan fingerprint density at radius 3 is 2.27 bits per heavy atom. The van der Waals surface area contributed by atoms with Gasteiger partial charge in [0, 0.05) is 29.2 Å². The number of hydrogen-bond donors (Lipinski definition) is 2. The summed E-state index contributed by atoms with van der Waals surface area (Å²) in [6.07, 6.45) is -0.00592. The average molecular weight is 395 g/mol. The maximum Gasteiger partial charge on any atom is 0.260 e. The van der Waals surface area contributed by atoms with E-state index in [0.29, 0.717) is 28.8 Å². The fourth-order valence-electron chi connectivity index (χ4n) is 2.29. The Hall–Kier alpha value is -2.24. The van der Waals surface area contributed by atoms with Crippen LogP contribution in [0.2, 0.25) is 10.0 Å². The van der Waals surface area contributed by atoms with Crippen LogP contribution in [0.5, 0.6) is 5.75 Å². The van der Waals surface area contributed by atoms with Gasteiger partial charge in [-0.2, -0.15) is 0 Å². The van der Waals surface area contributed by atoms with Crippen LogP contribution in [0.15, 0.2) is 42.5 Å². The summed E-state index contributed by atoms with van der Waals surface area (Å²) in [4.78, 5) is 23.1. The largest absolute Gasteiger partial charge is 0.481 e. The van der Waals surface area contributed by atoms with E-state index in [-0.39, 0.29) is 11.8 Å². The fraction of sp³-hybridized carbons (Fsp3) is 0.263. The van der Waals surface area contributed by atoms with E-state index in [1.807, 2.05) is 24.3 Å². The van der Waals surface area contributed by atoms with Crippen LogP contribution >= 0.6 is 23.2 Å². The number of halogens is 2. The molecule has 2 aromatic rings. The Bertz CT molecular complexity index is 759. The number of amides is 2. The van der Waals surface area contributed by atoms with Crippen molar-refractivity contribution >= 4 is 40.7 Å². The molecule has 0 bridgehead atoms. The lowest BCUT2D eigenvalue weighted by atomic mass is 10.1. The second-order valence-electron chi connectivity index (χ2n) is 5.78. The average Bonchev–Trinajstić information content (AvgIpc) is 2.54. The quantitative estimate of drug-likeness (QED) is 0.743. The summed E-state index contributed by atoms with van der Waals surface area (Å²) in [5.74, 6) is 0.106. The minimum Gasteiger partial charge on any atom is -0.481 e. The zero-order valence-electron chi connectivity index (χ0n) is 14.5. The number of rotatable bonds is 7. The van der Waals surface area contributed by atoms with Crippen LogP contribution < -0.4 is 15.4 Å². The summed E-state index contributed by atoms with van der Waals surface area (Å²) in [6, 6.07) is 12.3. The van der Waals surface area contributed by atoms with Gasteiger partial charge in [-0.3, -0.25) is 9.59 Å². The van der Waals surface area contributed by atoms with Crippen LogP contribution in [-0.4, -0.2) is 24.5 Å². The van der Waals surface area contributed by atoms with E-state index in [1.54, 1.807) is 25.1 Å². The summed E-state index contributed by atoms with van der Waals surface area (Å²) in [5, 5.41) is 6.43. The first kappa shape index (κ1) is 20.1. The van der Waals surface area contributed by atoms with Crippen molar-refractivity contribution in [3.05, 3.63) is 58.1 Å². The van der Waals surface area contributed by atoms with Gasteiger partial charge in [0.05, 0.1) is 0 Å². The van der Waals surface area contributed by atoms with Gasteiger partial charge in [0.25, 0.3) is 5.91 Å². The monoisotopic (exact) mass is 394 g/mol. The van der Waals surface area contributed by atoms with Crippen molar-refractivity contribution in [3.63, 3.8) is 0 Å². The number of carbonyl (C=O) groups is 2. The van der Waals surface area contributed by atoms with Crippen molar-refractivity contribution in [1.29, 1.82) is 0 Å². The van der Waals surface area contributed by atoms with Crippen LogP contribution in [0.25, 0.3) is 0 Å². The molecular weight excluding hydrogens is 375 g/mol. The van der Waals surface area contributed by atoms with Gasteiger partial charge in [-0.25, -0.2) is 0 Å². The lowest BCUT2D eigenvalue weighted by Gasteiger charge is -2.15. The number of nitrogens with one attached hydrogen (secondary N) is 2. The highest BCUT2D eigenvalue weighted by Gasteiger charge is 2.14. The molecule has 2 aromatic carbocycles. The number of ether oxygens (including phenoxy) is 1. The molecule has 0 aliphatic carbocycles. The summed E-state index contributed by atoms with van der Waals surface area (Å²) < 4.78 is 5.57. The standard InChI is InChI=1S/C19H20Cl2N2O3/c1-12(26-18-10-15(20)9-16(21)11-18)19(25)22-8-7-14-3-5-17(6-4-14)23-13(2)24/h3-6,9-12H,7-8H2,1-2H3,(H,22,25)(H,23,24). The summed E-state index contributed by atoms with van der Waals surface area (Å²) in [7, 11) is 0. The second kappa shape index (κ2) is 9.46. The Kier molecular flexibility index (Phi) is 7.30. The molecule has 0 aliphatic rings. The molecule has 0 saturated heterocycles. The first-order chi connectivity index (χ1) is 12.3. The number of anilines is 1. The lowest BCUT2D eigenvalue weighted by molar-refractivity contribution is -0.127. The highest BCUT2D eigenvalue weighted by Crippen LogP contribution is 2.24. The number of hydrogen-bond acceptors (Lipinski definition) is 3. The fourth-order valence-corrected chi connectivity index (χ4v) is 2.79. The molecular formula is C19H20Cl2N2O3. The topological polar surface area (TPSA) is 67.4 Å². The molecule has 0 spiro atoms. The van der Waals surface area contributed by atoms with Crippen LogP contribution in [0.4, 0.5) is 5.69 Å². The first-order valence-corrected chi connectivity index (χ1v) is 8.86. The van der Waals surface area contributed by atoms with Gasteiger partial charge >= 0.3 is 0 Å². The SMILES string of the molecule is CC(=O)Nc1ccc(CCNC(=O)C(C)Oc2cc(Cl)cc(Cl)c2)cc1. The van der Waals surface area contributed by atoms with Crippen LogP contribution in [0.1, 0.15) is 19.4 Å². The molecule has 0 aromatic heterocycles. The van der Waals surface area contributed by atoms with Crippen LogP contribution in [0.3, 0.4) is 0 Å². The maximum atomic E-state index is 12.1. The van der Waals surface area contributed by atoms with Gasteiger partial charge in [-0.15, -0.1) is 0 Å². The van der Waals surface area contributed by atoms with E-state index in [1.165, 1.54) is 6.92 Å². The van der Waals surface area contributed by atoms with Gasteiger partial charge < -0.3 is 15.4 Å². The highest BCUT2D eigenvalue weighted by atomic mass is 35.5. The minimum atomic E-state index is -0.674. The molecule has 2 N–H and O–H groups in total. The van der Waals surface area contributed by atoms with Crippen molar-refractivity contribution in [2.45, 2.75) is 26.4 Å². The Morgan fingerprint density at radius 1 is 1.08 bits per heavy atom. The van der Waals surface area contributed by atoms with Gasteiger partial charge in [0.2, 0.25) is 5.91 Å². The molecule has 5 nitrogen and oxygen atoms in total.